The molecule has 1 aromatic rings. The highest BCUT2D eigenvalue weighted by atomic mass is 35.5. The summed E-state index contributed by atoms with van der Waals surface area (Å²) >= 11 is 6.31. The minimum absolute atomic E-state index is 0.213. The number of halogens is 1. The summed E-state index contributed by atoms with van der Waals surface area (Å²) in [6.07, 6.45) is 2.35. The molecule has 1 unspecified atom stereocenters. The molecule has 1 saturated heterocycles. The van der Waals surface area contributed by atoms with Crippen molar-refractivity contribution >= 4 is 34.7 Å². The van der Waals surface area contributed by atoms with Gasteiger partial charge in [0.05, 0.1) is 28.1 Å². The summed E-state index contributed by atoms with van der Waals surface area (Å²) in [4.78, 5) is 25.2. The third-order valence-corrected chi connectivity index (χ3v) is 4.26. The molecule has 1 aromatic carbocycles. The van der Waals surface area contributed by atoms with E-state index < -0.39 is 11.7 Å². The van der Waals surface area contributed by atoms with E-state index in [0.717, 1.165) is 38.2 Å². The Morgan fingerprint density at radius 1 is 1.43 bits per heavy atom. The zero-order valence-corrected chi connectivity index (χ0v) is 12.6. The minimum atomic E-state index is -0.597. The quantitative estimate of drug-likeness (QED) is 0.868. The van der Waals surface area contributed by atoms with Crippen molar-refractivity contribution in [3.63, 3.8) is 0 Å². The summed E-state index contributed by atoms with van der Waals surface area (Å²) in [6, 6.07) is 3.35. The number of carbonyl (C=O) groups is 2. The Labute approximate surface area is 128 Å². The van der Waals surface area contributed by atoms with Gasteiger partial charge in [0.25, 0.3) is 11.7 Å². The SMILES string of the molecule is CCN(CC1CCCO1)c1cc2c(cc1Cl)C(=O)C(=O)N2. The highest BCUT2D eigenvalue weighted by Gasteiger charge is 2.30. The van der Waals surface area contributed by atoms with Gasteiger partial charge in [0.1, 0.15) is 0 Å². The first-order valence-corrected chi connectivity index (χ1v) is 7.53. The molecule has 5 nitrogen and oxygen atoms in total. The van der Waals surface area contributed by atoms with E-state index in [9.17, 15) is 9.59 Å². The van der Waals surface area contributed by atoms with E-state index in [1.807, 2.05) is 6.92 Å². The van der Waals surface area contributed by atoms with Crippen LogP contribution in [0.5, 0.6) is 0 Å². The summed E-state index contributed by atoms with van der Waals surface area (Å²) in [5.41, 5.74) is 1.71. The lowest BCUT2D eigenvalue weighted by atomic mass is 10.1. The van der Waals surface area contributed by atoms with Crippen molar-refractivity contribution < 1.29 is 14.3 Å². The van der Waals surface area contributed by atoms with Crippen molar-refractivity contribution in [3.8, 4) is 0 Å². The number of ketones is 1. The van der Waals surface area contributed by atoms with Gasteiger partial charge in [0, 0.05) is 19.7 Å². The van der Waals surface area contributed by atoms with Gasteiger partial charge in [-0.15, -0.1) is 0 Å². The monoisotopic (exact) mass is 308 g/mol. The summed E-state index contributed by atoms with van der Waals surface area (Å²) in [6.45, 7) is 4.39. The molecular formula is C15H17ClN2O3. The zero-order valence-electron chi connectivity index (χ0n) is 11.8. The van der Waals surface area contributed by atoms with Crippen LogP contribution in [0.3, 0.4) is 0 Å². The number of hydrogen-bond acceptors (Lipinski definition) is 4. The smallest absolute Gasteiger partial charge is 0.296 e. The van der Waals surface area contributed by atoms with Gasteiger partial charge in [-0.05, 0) is 31.9 Å². The zero-order chi connectivity index (χ0) is 15.0. The average Bonchev–Trinajstić information content (AvgIpc) is 3.06. The van der Waals surface area contributed by atoms with Crippen LogP contribution in [-0.2, 0) is 9.53 Å². The minimum Gasteiger partial charge on any atom is -0.376 e. The summed E-state index contributed by atoms with van der Waals surface area (Å²) in [5, 5.41) is 3.07. The molecule has 1 N–H and O–H groups in total. The number of fused-ring (bicyclic) bond motifs is 1. The van der Waals surface area contributed by atoms with Gasteiger partial charge in [-0.25, -0.2) is 0 Å². The number of likely N-dealkylation sites (N-methyl/N-ethyl adjacent to an activating group) is 1. The van der Waals surface area contributed by atoms with Crippen molar-refractivity contribution in [2.24, 2.45) is 0 Å². The number of carbonyl (C=O) groups excluding carboxylic acids is 2. The normalized spacial score (nSPS) is 20.6. The molecule has 21 heavy (non-hydrogen) atoms. The molecule has 2 aliphatic heterocycles. The number of nitrogens with one attached hydrogen (secondary N) is 1. The van der Waals surface area contributed by atoms with E-state index in [1.54, 1.807) is 12.1 Å². The van der Waals surface area contributed by atoms with Gasteiger partial charge in [0.15, 0.2) is 0 Å². The van der Waals surface area contributed by atoms with Crippen molar-refractivity contribution in [2.45, 2.75) is 25.9 Å². The second-order valence-corrected chi connectivity index (χ2v) is 5.71. The summed E-state index contributed by atoms with van der Waals surface area (Å²) < 4.78 is 5.66. The lowest BCUT2D eigenvalue weighted by Gasteiger charge is -2.27. The molecule has 0 bridgehead atoms. The lowest BCUT2D eigenvalue weighted by molar-refractivity contribution is -0.112. The van der Waals surface area contributed by atoms with Crippen LogP contribution in [-0.4, -0.2) is 37.5 Å². The van der Waals surface area contributed by atoms with Crippen LogP contribution in [0.4, 0.5) is 11.4 Å². The number of ether oxygens (including phenoxy) is 1. The molecule has 1 atom stereocenters. The van der Waals surface area contributed by atoms with Crippen molar-refractivity contribution in [1.29, 1.82) is 0 Å². The number of anilines is 2. The van der Waals surface area contributed by atoms with Gasteiger partial charge in [-0.2, -0.15) is 0 Å². The van der Waals surface area contributed by atoms with Gasteiger partial charge in [0.2, 0.25) is 0 Å². The summed E-state index contributed by atoms with van der Waals surface area (Å²) in [5.74, 6) is -1.12. The maximum atomic E-state index is 11.7. The Bertz CT molecular complexity index is 597. The molecule has 112 valence electrons. The van der Waals surface area contributed by atoms with E-state index in [2.05, 4.69) is 10.2 Å². The second-order valence-electron chi connectivity index (χ2n) is 5.31. The van der Waals surface area contributed by atoms with Gasteiger partial charge in [-0.3, -0.25) is 9.59 Å². The number of benzene rings is 1. The van der Waals surface area contributed by atoms with Crippen LogP contribution >= 0.6 is 11.6 Å². The lowest BCUT2D eigenvalue weighted by Crippen LogP contribution is -2.32. The molecule has 2 heterocycles. The molecule has 0 radical (unpaired) electrons. The van der Waals surface area contributed by atoms with E-state index in [-0.39, 0.29) is 6.10 Å². The molecule has 0 saturated carbocycles. The van der Waals surface area contributed by atoms with Gasteiger partial charge < -0.3 is 15.0 Å². The first-order valence-electron chi connectivity index (χ1n) is 7.16. The Balaban J connectivity index is 1.88. The standard InChI is InChI=1S/C15H17ClN2O3/c1-2-18(8-9-4-3-5-21-9)13-7-12-10(6-11(13)16)14(19)15(20)17-12/h6-7,9H,2-5,8H2,1H3,(H,17,19,20). The third kappa shape index (κ3) is 2.63. The fraction of sp³-hybridized carbons (Fsp3) is 0.467. The van der Waals surface area contributed by atoms with Gasteiger partial charge in [-0.1, -0.05) is 11.6 Å². The largest absolute Gasteiger partial charge is 0.376 e. The molecule has 2 aliphatic rings. The van der Waals surface area contributed by atoms with Gasteiger partial charge >= 0.3 is 0 Å². The molecule has 6 heteroatoms. The molecule has 0 aromatic heterocycles. The third-order valence-electron chi connectivity index (χ3n) is 3.96. The Hall–Kier alpha value is -1.59. The van der Waals surface area contributed by atoms with Crippen molar-refractivity contribution in [1.82, 2.24) is 0 Å². The summed E-state index contributed by atoms with van der Waals surface area (Å²) in [7, 11) is 0. The second kappa shape index (κ2) is 5.66. The van der Waals surface area contributed by atoms with Crippen LogP contribution in [0.25, 0.3) is 0 Å². The molecule has 0 aliphatic carbocycles. The maximum Gasteiger partial charge on any atom is 0.296 e. The number of rotatable bonds is 4. The predicted molar refractivity (Wildman–Crippen MR) is 81.3 cm³/mol. The maximum absolute atomic E-state index is 11.7. The first-order chi connectivity index (χ1) is 10.1. The van der Waals surface area contributed by atoms with Crippen LogP contribution in [0.1, 0.15) is 30.1 Å². The molecule has 1 amide bonds. The Morgan fingerprint density at radius 2 is 2.24 bits per heavy atom. The molecule has 0 spiro atoms. The van der Waals surface area contributed by atoms with Crippen molar-refractivity contribution in [2.75, 3.05) is 29.9 Å². The molecule has 1 fully saturated rings. The average molecular weight is 309 g/mol. The highest BCUT2D eigenvalue weighted by molar-refractivity contribution is 6.52. The number of amides is 1. The van der Waals surface area contributed by atoms with E-state index in [1.165, 1.54) is 0 Å². The van der Waals surface area contributed by atoms with Crippen LogP contribution in [0.2, 0.25) is 5.02 Å². The number of hydrogen-bond donors (Lipinski definition) is 1. The number of Topliss-reactive ketones (excluding diaryl/α,β-unsaturated/α-hetero) is 1. The van der Waals surface area contributed by atoms with Crippen LogP contribution in [0, 0.1) is 0 Å². The Kier molecular flexibility index (Phi) is 3.87. The van der Waals surface area contributed by atoms with E-state index in [4.69, 9.17) is 16.3 Å². The van der Waals surface area contributed by atoms with Crippen LogP contribution < -0.4 is 10.2 Å². The van der Waals surface area contributed by atoms with E-state index >= 15 is 0 Å². The topological polar surface area (TPSA) is 58.6 Å². The predicted octanol–water partition coefficient (Wildman–Crippen LogP) is 2.48. The fourth-order valence-corrected chi connectivity index (χ4v) is 3.11. The molecule has 3 rings (SSSR count). The molecular weight excluding hydrogens is 292 g/mol. The fourth-order valence-electron chi connectivity index (χ4n) is 2.83. The van der Waals surface area contributed by atoms with Crippen LogP contribution in [0.15, 0.2) is 12.1 Å². The first kappa shape index (κ1) is 14.4. The number of nitrogens with zero attached hydrogens (tertiary/aromatic N) is 1. The highest BCUT2D eigenvalue weighted by Crippen LogP contribution is 2.35. The van der Waals surface area contributed by atoms with E-state index in [0.29, 0.717) is 16.3 Å². The Morgan fingerprint density at radius 3 is 2.90 bits per heavy atom. The van der Waals surface area contributed by atoms with Crippen molar-refractivity contribution in [3.05, 3.63) is 22.7 Å².